The van der Waals surface area contributed by atoms with Crippen molar-refractivity contribution in [2.24, 2.45) is 0 Å². The van der Waals surface area contributed by atoms with Gasteiger partial charge in [-0.1, -0.05) is 36.4 Å². The number of carbonyl (C=O) groups is 2. The molecule has 0 aliphatic carbocycles. The molecule has 0 spiro atoms. The van der Waals surface area contributed by atoms with Crippen LogP contribution in [0.2, 0.25) is 0 Å². The molecule has 0 radical (unpaired) electrons. The average Bonchev–Trinajstić information content (AvgIpc) is 2.72. The second-order valence-corrected chi connectivity index (χ2v) is 7.13. The molecule has 0 fully saturated rings. The van der Waals surface area contributed by atoms with E-state index in [-0.39, 0.29) is 12.1 Å². The quantitative estimate of drug-likeness (QED) is 0.356. The Balaban J connectivity index is 1.98. The summed E-state index contributed by atoms with van der Waals surface area (Å²) in [5.74, 6) is -4.42. The molecule has 0 saturated heterocycles. The number of amides is 2. The summed E-state index contributed by atoms with van der Waals surface area (Å²) in [5, 5.41) is 24.5. The minimum atomic E-state index is -2.92. The molecular formula is C21H23ClF2N2O4. The van der Waals surface area contributed by atoms with Crippen molar-refractivity contribution < 1.29 is 28.6 Å². The number of carbonyl (C=O) groups excluding carboxylic acids is 2. The smallest absolute Gasteiger partial charge is 0.270 e. The average molecular weight is 441 g/mol. The van der Waals surface area contributed by atoms with Crippen molar-refractivity contribution in [2.75, 3.05) is 17.7 Å². The Bertz CT molecular complexity index is 855. The fraction of sp³-hybridized carbons (Fsp3) is 0.333. The van der Waals surface area contributed by atoms with Crippen LogP contribution in [0.25, 0.3) is 11.1 Å². The lowest BCUT2D eigenvalue weighted by Crippen LogP contribution is -2.47. The third-order valence-electron chi connectivity index (χ3n) is 4.32. The van der Waals surface area contributed by atoms with E-state index in [4.69, 9.17) is 11.6 Å². The van der Waals surface area contributed by atoms with Crippen molar-refractivity contribution in [3.8, 4) is 11.1 Å². The monoisotopic (exact) mass is 440 g/mol. The number of aliphatic hydroxyl groups excluding tert-OH is 2. The van der Waals surface area contributed by atoms with Gasteiger partial charge in [0.1, 0.15) is 0 Å². The summed E-state index contributed by atoms with van der Waals surface area (Å²) in [4.78, 5) is 23.8. The van der Waals surface area contributed by atoms with E-state index in [1.54, 1.807) is 36.4 Å². The van der Waals surface area contributed by atoms with Crippen molar-refractivity contribution in [1.29, 1.82) is 0 Å². The Morgan fingerprint density at radius 1 is 0.967 bits per heavy atom. The molecule has 2 rings (SSSR count). The second kappa shape index (κ2) is 10.5. The molecule has 162 valence electrons. The van der Waals surface area contributed by atoms with E-state index in [1.165, 1.54) is 12.1 Å². The fourth-order valence-electron chi connectivity index (χ4n) is 2.59. The number of halogens is 3. The Labute approximate surface area is 177 Å². The maximum absolute atomic E-state index is 13.3. The van der Waals surface area contributed by atoms with Gasteiger partial charge in [-0.2, -0.15) is 0 Å². The molecule has 4 N–H and O–H groups in total. The fourth-order valence-corrected chi connectivity index (χ4v) is 2.72. The summed E-state index contributed by atoms with van der Waals surface area (Å²) in [6, 6.07) is 12.3. The molecule has 6 nitrogen and oxygen atoms in total. The van der Waals surface area contributed by atoms with E-state index in [1.807, 2.05) is 0 Å². The number of aliphatic hydroxyl groups is 2. The Kier molecular flexibility index (Phi) is 8.28. The number of hydrogen-bond acceptors (Lipinski definition) is 4. The van der Waals surface area contributed by atoms with Gasteiger partial charge in [0.2, 0.25) is 0 Å². The zero-order valence-electron chi connectivity index (χ0n) is 16.2. The largest absolute Gasteiger partial charge is 0.380 e. The summed E-state index contributed by atoms with van der Waals surface area (Å²) in [7, 11) is 0. The van der Waals surface area contributed by atoms with E-state index in [9.17, 15) is 28.6 Å². The van der Waals surface area contributed by atoms with Gasteiger partial charge < -0.3 is 20.8 Å². The Hall–Kier alpha value is -2.55. The van der Waals surface area contributed by atoms with E-state index >= 15 is 0 Å². The van der Waals surface area contributed by atoms with Crippen LogP contribution in [-0.4, -0.2) is 46.7 Å². The van der Waals surface area contributed by atoms with Gasteiger partial charge in [-0.15, -0.1) is 11.6 Å². The third-order valence-corrected chi connectivity index (χ3v) is 4.59. The van der Waals surface area contributed by atoms with Gasteiger partial charge >= 0.3 is 0 Å². The normalized spacial score (nSPS) is 13.4. The first kappa shape index (κ1) is 23.7. The maximum atomic E-state index is 13.3. The summed E-state index contributed by atoms with van der Waals surface area (Å²) in [5.41, 5.74) is 1.69. The number of alkyl halides is 3. The van der Waals surface area contributed by atoms with E-state index in [0.29, 0.717) is 23.6 Å². The first-order valence-electron chi connectivity index (χ1n) is 9.23. The molecule has 0 aromatic heterocycles. The van der Waals surface area contributed by atoms with Crippen molar-refractivity contribution in [2.45, 2.75) is 31.5 Å². The molecule has 0 unspecified atom stereocenters. The highest BCUT2D eigenvalue weighted by atomic mass is 35.5. The molecule has 2 aromatic carbocycles. The number of benzene rings is 2. The van der Waals surface area contributed by atoms with Crippen LogP contribution < -0.4 is 10.6 Å². The predicted molar refractivity (Wildman–Crippen MR) is 110 cm³/mol. The molecule has 2 amide bonds. The van der Waals surface area contributed by atoms with Gasteiger partial charge in [-0.25, -0.2) is 8.78 Å². The first-order valence-corrected chi connectivity index (χ1v) is 9.76. The molecule has 2 aromatic rings. The van der Waals surface area contributed by atoms with Crippen LogP contribution in [0.15, 0.2) is 48.5 Å². The number of nitrogens with one attached hydrogen (secondary N) is 2. The molecular weight excluding hydrogens is 418 g/mol. The van der Waals surface area contributed by atoms with Gasteiger partial charge in [0.05, 0.1) is 0 Å². The minimum absolute atomic E-state index is 0.0885. The summed E-state index contributed by atoms with van der Waals surface area (Å²) >= 11 is 5.49. The standard InChI is InChI=1S/C21H23ClF2N2O4/c1-21(23,24)15-7-3-13(4-8-15)14-5-9-16(10-6-14)26-20(30)18(28)17(27)19(29)25-12-2-11-22/h3-10,17-18,27-28H,2,11-12H2,1H3,(H,25,29)(H,26,30)/t17-,18-/m1/s1. The summed E-state index contributed by atoms with van der Waals surface area (Å²) in [6.07, 6.45) is -3.39. The molecule has 0 aliphatic rings. The molecule has 0 heterocycles. The zero-order valence-corrected chi connectivity index (χ0v) is 17.0. The molecule has 2 atom stereocenters. The summed E-state index contributed by atoms with van der Waals surface area (Å²) < 4.78 is 26.6. The van der Waals surface area contributed by atoms with Crippen LogP contribution >= 0.6 is 11.6 Å². The van der Waals surface area contributed by atoms with Crippen molar-refractivity contribution >= 4 is 29.1 Å². The topological polar surface area (TPSA) is 98.7 Å². The molecule has 9 heteroatoms. The first-order chi connectivity index (χ1) is 14.1. The molecule has 0 aliphatic heterocycles. The van der Waals surface area contributed by atoms with E-state index in [2.05, 4.69) is 10.6 Å². The minimum Gasteiger partial charge on any atom is -0.380 e. The van der Waals surface area contributed by atoms with Gasteiger partial charge in [0, 0.05) is 30.6 Å². The lowest BCUT2D eigenvalue weighted by Gasteiger charge is -2.17. The highest BCUT2D eigenvalue weighted by molar-refractivity contribution is 6.17. The van der Waals surface area contributed by atoms with Crippen LogP contribution in [0, 0.1) is 0 Å². The van der Waals surface area contributed by atoms with Gasteiger partial charge in [0.25, 0.3) is 17.7 Å². The number of rotatable bonds is 9. The molecule has 0 bridgehead atoms. The van der Waals surface area contributed by atoms with Gasteiger partial charge in [-0.05, 0) is 29.7 Å². The lowest BCUT2D eigenvalue weighted by atomic mass is 10.0. The van der Waals surface area contributed by atoms with Gasteiger partial charge in [0.15, 0.2) is 12.2 Å². The highest BCUT2D eigenvalue weighted by Crippen LogP contribution is 2.29. The zero-order chi connectivity index (χ0) is 22.3. The van der Waals surface area contributed by atoms with E-state index < -0.39 is 29.9 Å². The van der Waals surface area contributed by atoms with Crippen molar-refractivity contribution in [1.82, 2.24) is 5.32 Å². The second-order valence-electron chi connectivity index (χ2n) is 6.76. The number of anilines is 1. The maximum Gasteiger partial charge on any atom is 0.270 e. The van der Waals surface area contributed by atoms with Crippen LogP contribution in [0.1, 0.15) is 18.9 Å². The van der Waals surface area contributed by atoms with Crippen LogP contribution in [0.5, 0.6) is 0 Å². The molecule has 30 heavy (non-hydrogen) atoms. The molecule has 0 saturated carbocycles. The third kappa shape index (κ3) is 6.48. The predicted octanol–water partition coefficient (Wildman–Crippen LogP) is 2.87. The number of hydrogen-bond donors (Lipinski definition) is 4. The van der Waals surface area contributed by atoms with Crippen molar-refractivity contribution in [3.63, 3.8) is 0 Å². The lowest BCUT2D eigenvalue weighted by molar-refractivity contribution is -0.143. The Morgan fingerprint density at radius 2 is 1.47 bits per heavy atom. The van der Waals surface area contributed by atoms with E-state index in [0.717, 1.165) is 12.5 Å². The van der Waals surface area contributed by atoms with Crippen LogP contribution in [0.3, 0.4) is 0 Å². The highest BCUT2D eigenvalue weighted by Gasteiger charge is 2.30. The van der Waals surface area contributed by atoms with Crippen LogP contribution in [0.4, 0.5) is 14.5 Å². The van der Waals surface area contributed by atoms with Gasteiger partial charge in [-0.3, -0.25) is 9.59 Å². The summed E-state index contributed by atoms with van der Waals surface area (Å²) in [6.45, 7) is 1.04. The van der Waals surface area contributed by atoms with Crippen molar-refractivity contribution in [3.05, 3.63) is 54.1 Å². The van der Waals surface area contributed by atoms with Crippen LogP contribution in [-0.2, 0) is 15.5 Å². The Morgan fingerprint density at radius 3 is 1.97 bits per heavy atom. The SMILES string of the molecule is CC(F)(F)c1ccc(-c2ccc(NC(=O)[C@H](O)[C@@H](O)C(=O)NCCCCl)cc2)cc1.